The summed E-state index contributed by atoms with van der Waals surface area (Å²) in [6.45, 7) is 1.07. The molecule has 2 N–H and O–H groups in total. The average Bonchev–Trinajstić information content (AvgIpc) is 2.70. The molecule has 5 heteroatoms. The number of benzene rings is 1. The summed E-state index contributed by atoms with van der Waals surface area (Å²) in [7, 11) is 0. The van der Waals surface area contributed by atoms with Crippen LogP contribution < -0.4 is 5.73 Å². The van der Waals surface area contributed by atoms with Crippen LogP contribution in [-0.4, -0.2) is 9.78 Å². The van der Waals surface area contributed by atoms with Gasteiger partial charge in [-0.3, -0.25) is 4.68 Å². The molecule has 0 aliphatic carbocycles. The summed E-state index contributed by atoms with van der Waals surface area (Å²) in [5.74, 6) is 0. The van der Waals surface area contributed by atoms with Crippen molar-refractivity contribution in [3.05, 3.63) is 51.8 Å². The molecule has 84 valence electrons. The quantitative estimate of drug-likeness (QED) is 0.917. The maximum absolute atomic E-state index is 6.07. The largest absolute Gasteiger partial charge is 0.325 e. The summed E-state index contributed by atoms with van der Waals surface area (Å²) in [6, 6.07) is 7.33. The lowest BCUT2D eigenvalue weighted by atomic mass is 10.2. The van der Waals surface area contributed by atoms with E-state index in [9.17, 15) is 0 Å². The van der Waals surface area contributed by atoms with E-state index in [4.69, 9.17) is 28.9 Å². The van der Waals surface area contributed by atoms with E-state index in [0.29, 0.717) is 23.1 Å². The molecule has 0 amide bonds. The van der Waals surface area contributed by atoms with Gasteiger partial charge < -0.3 is 5.73 Å². The molecule has 16 heavy (non-hydrogen) atoms. The van der Waals surface area contributed by atoms with Gasteiger partial charge in [0.15, 0.2) is 0 Å². The highest BCUT2D eigenvalue weighted by molar-refractivity contribution is 6.35. The van der Waals surface area contributed by atoms with Crippen LogP contribution in [0.1, 0.15) is 11.3 Å². The van der Waals surface area contributed by atoms with Gasteiger partial charge in [0.05, 0.1) is 12.2 Å². The zero-order valence-corrected chi connectivity index (χ0v) is 10.0. The lowest BCUT2D eigenvalue weighted by Gasteiger charge is -2.04. The van der Waals surface area contributed by atoms with Gasteiger partial charge in [-0.2, -0.15) is 5.10 Å². The molecule has 0 spiro atoms. The minimum atomic E-state index is 0.446. The summed E-state index contributed by atoms with van der Waals surface area (Å²) in [5, 5.41) is 5.57. The van der Waals surface area contributed by atoms with Crippen LogP contribution in [-0.2, 0) is 13.1 Å². The first-order chi connectivity index (χ1) is 7.69. The monoisotopic (exact) mass is 255 g/mol. The van der Waals surface area contributed by atoms with Crippen molar-refractivity contribution in [1.29, 1.82) is 0 Å². The van der Waals surface area contributed by atoms with Crippen LogP contribution in [0.5, 0.6) is 0 Å². The van der Waals surface area contributed by atoms with Gasteiger partial charge in [0, 0.05) is 22.8 Å². The van der Waals surface area contributed by atoms with Gasteiger partial charge in [-0.25, -0.2) is 0 Å². The SMILES string of the molecule is NCc1ccn(Cc2ccc(Cl)cc2Cl)n1. The number of hydrogen-bond acceptors (Lipinski definition) is 2. The van der Waals surface area contributed by atoms with Crippen molar-refractivity contribution >= 4 is 23.2 Å². The molecule has 1 aromatic carbocycles. The van der Waals surface area contributed by atoms with E-state index in [1.165, 1.54) is 0 Å². The van der Waals surface area contributed by atoms with E-state index in [1.54, 1.807) is 10.7 Å². The van der Waals surface area contributed by atoms with Crippen LogP contribution >= 0.6 is 23.2 Å². The lowest BCUT2D eigenvalue weighted by molar-refractivity contribution is 0.672. The van der Waals surface area contributed by atoms with Crippen LogP contribution in [0.25, 0.3) is 0 Å². The molecule has 0 radical (unpaired) electrons. The Balaban J connectivity index is 2.20. The Hall–Kier alpha value is -1.03. The fourth-order valence-electron chi connectivity index (χ4n) is 1.43. The maximum Gasteiger partial charge on any atom is 0.0760 e. The van der Waals surface area contributed by atoms with Crippen molar-refractivity contribution < 1.29 is 0 Å². The molecule has 1 heterocycles. The van der Waals surface area contributed by atoms with Crippen molar-refractivity contribution in [3.63, 3.8) is 0 Å². The lowest BCUT2D eigenvalue weighted by Crippen LogP contribution is -2.03. The molecule has 0 aliphatic rings. The molecule has 0 aliphatic heterocycles. The maximum atomic E-state index is 6.07. The summed E-state index contributed by atoms with van der Waals surface area (Å²) in [5.41, 5.74) is 7.34. The number of rotatable bonds is 3. The van der Waals surface area contributed by atoms with Gasteiger partial charge in [-0.1, -0.05) is 29.3 Å². The van der Waals surface area contributed by atoms with Crippen LogP contribution in [0.3, 0.4) is 0 Å². The van der Waals surface area contributed by atoms with Gasteiger partial charge in [0.1, 0.15) is 0 Å². The highest BCUT2D eigenvalue weighted by Gasteiger charge is 2.03. The Kier molecular flexibility index (Phi) is 3.49. The Labute approximate surface area is 104 Å². The molecule has 0 saturated carbocycles. The zero-order chi connectivity index (χ0) is 11.5. The minimum Gasteiger partial charge on any atom is -0.325 e. The van der Waals surface area contributed by atoms with Gasteiger partial charge in [0.25, 0.3) is 0 Å². The molecular weight excluding hydrogens is 245 g/mol. The summed E-state index contributed by atoms with van der Waals surface area (Å²) < 4.78 is 1.80. The summed E-state index contributed by atoms with van der Waals surface area (Å²) in [6.07, 6.45) is 1.88. The molecule has 0 unspecified atom stereocenters. The van der Waals surface area contributed by atoms with Crippen LogP contribution in [0, 0.1) is 0 Å². The highest BCUT2D eigenvalue weighted by Crippen LogP contribution is 2.21. The molecule has 1 aromatic heterocycles. The third-order valence-electron chi connectivity index (χ3n) is 2.25. The van der Waals surface area contributed by atoms with E-state index < -0.39 is 0 Å². The Bertz CT molecular complexity index is 494. The number of nitrogens with zero attached hydrogens (tertiary/aromatic N) is 2. The standard InChI is InChI=1S/C11H11Cl2N3/c12-9-2-1-8(11(13)5-9)7-16-4-3-10(6-14)15-16/h1-5H,6-7,14H2. The van der Waals surface area contributed by atoms with Crippen LogP contribution in [0.2, 0.25) is 10.0 Å². The number of halogens is 2. The zero-order valence-electron chi connectivity index (χ0n) is 8.53. The molecule has 0 atom stereocenters. The van der Waals surface area contributed by atoms with Gasteiger partial charge in [-0.15, -0.1) is 0 Å². The van der Waals surface area contributed by atoms with Gasteiger partial charge in [-0.05, 0) is 23.8 Å². The van der Waals surface area contributed by atoms with Crippen LogP contribution in [0.4, 0.5) is 0 Å². The van der Waals surface area contributed by atoms with Crippen LogP contribution in [0.15, 0.2) is 30.5 Å². The second kappa shape index (κ2) is 4.87. The second-order valence-electron chi connectivity index (χ2n) is 3.44. The van der Waals surface area contributed by atoms with Crippen molar-refractivity contribution in [2.75, 3.05) is 0 Å². The topological polar surface area (TPSA) is 43.8 Å². The Morgan fingerprint density at radius 1 is 1.25 bits per heavy atom. The van der Waals surface area contributed by atoms with E-state index in [0.717, 1.165) is 11.3 Å². The van der Waals surface area contributed by atoms with Crippen molar-refractivity contribution in [1.82, 2.24) is 9.78 Å². The van der Waals surface area contributed by atoms with E-state index in [1.807, 2.05) is 24.4 Å². The molecular formula is C11H11Cl2N3. The van der Waals surface area contributed by atoms with E-state index >= 15 is 0 Å². The number of nitrogens with two attached hydrogens (primary N) is 1. The summed E-state index contributed by atoms with van der Waals surface area (Å²) in [4.78, 5) is 0. The Morgan fingerprint density at radius 3 is 2.69 bits per heavy atom. The minimum absolute atomic E-state index is 0.446. The Morgan fingerprint density at radius 2 is 2.06 bits per heavy atom. The number of aromatic nitrogens is 2. The molecule has 3 nitrogen and oxygen atoms in total. The van der Waals surface area contributed by atoms with Crippen molar-refractivity contribution in [2.24, 2.45) is 5.73 Å². The molecule has 2 aromatic rings. The molecule has 0 saturated heterocycles. The molecule has 0 bridgehead atoms. The van der Waals surface area contributed by atoms with Gasteiger partial charge in [0.2, 0.25) is 0 Å². The third-order valence-corrected chi connectivity index (χ3v) is 2.84. The number of hydrogen-bond donors (Lipinski definition) is 1. The van der Waals surface area contributed by atoms with Gasteiger partial charge >= 0.3 is 0 Å². The second-order valence-corrected chi connectivity index (χ2v) is 4.29. The van der Waals surface area contributed by atoms with E-state index in [-0.39, 0.29) is 0 Å². The first kappa shape index (κ1) is 11.5. The van der Waals surface area contributed by atoms with Crippen molar-refractivity contribution in [3.8, 4) is 0 Å². The van der Waals surface area contributed by atoms with E-state index in [2.05, 4.69) is 5.10 Å². The normalized spacial score (nSPS) is 10.7. The first-order valence-corrected chi connectivity index (χ1v) is 5.61. The first-order valence-electron chi connectivity index (χ1n) is 4.85. The molecule has 2 rings (SSSR count). The highest BCUT2D eigenvalue weighted by atomic mass is 35.5. The molecule has 0 fully saturated rings. The fraction of sp³-hybridized carbons (Fsp3) is 0.182. The average molecular weight is 256 g/mol. The summed E-state index contributed by atoms with van der Waals surface area (Å²) >= 11 is 11.9. The predicted octanol–water partition coefficient (Wildman–Crippen LogP) is 2.70. The fourth-order valence-corrected chi connectivity index (χ4v) is 1.89. The smallest absolute Gasteiger partial charge is 0.0760 e. The van der Waals surface area contributed by atoms with Crippen molar-refractivity contribution in [2.45, 2.75) is 13.1 Å². The predicted molar refractivity (Wildman–Crippen MR) is 65.7 cm³/mol. The third kappa shape index (κ3) is 2.55.